The van der Waals surface area contributed by atoms with Gasteiger partial charge in [-0.3, -0.25) is 0 Å². The normalized spacial score (nSPS) is 12.9. The smallest absolute Gasteiger partial charge is 0.186 e. The Labute approximate surface area is 126 Å². The third-order valence-corrected chi connectivity index (χ3v) is 5.16. The van der Waals surface area contributed by atoms with Crippen LogP contribution >= 0.6 is 23.1 Å². The minimum absolute atomic E-state index is 0.703. The first-order valence-corrected chi connectivity index (χ1v) is 8.58. The first-order chi connectivity index (χ1) is 9.78. The maximum Gasteiger partial charge on any atom is 0.186 e. The topological polar surface area (TPSA) is 43.1 Å². The van der Waals surface area contributed by atoms with Gasteiger partial charge in [-0.2, -0.15) is 21.0 Å². The molecule has 0 aromatic carbocycles. The maximum absolute atomic E-state index is 4.66. The van der Waals surface area contributed by atoms with E-state index in [4.69, 9.17) is 0 Å². The lowest BCUT2D eigenvalue weighted by Crippen LogP contribution is -1.99. The summed E-state index contributed by atoms with van der Waals surface area (Å²) in [5.74, 6) is 2.60. The van der Waals surface area contributed by atoms with Crippen molar-refractivity contribution >= 4 is 28.7 Å². The number of rotatable bonds is 5. The van der Waals surface area contributed by atoms with Crippen molar-refractivity contribution in [2.24, 2.45) is 5.92 Å². The van der Waals surface area contributed by atoms with E-state index in [1.54, 1.807) is 23.1 Å². The van der Waals surface area contributed by atoms with Crippen LogP contribution in [0.2, 0.25) is 0 Å². The molecule has 3 aromatic heterocycles. The molecule has 104 valence electrons. The summed E-state index contributed by atoms with van der Waals surface area (Å²) in [6.07, 6.45) is 1.20. The Morgan fingerprint density at radius 3 is 2.95 bits per heavy atom. The Morgan fingerprint density at radius 2 is 2.20 bits per heavy atom. The fourth-order valence-corrected chi connectivity index (χ4v) is 3.40. The molecule has 0 spiro atoms. The first kappa shape index (κ1) is 13.6. The highest BCUT2D eigenvalue weighted by Crippen LogP contribution is 2.23. The zero-order valence-electron chi connectivity index (χ0n) is 11.5. The number of aromatic nitrogens is 4. The van der Waals surface area contributed by atoms with E-state index in [-0.39, 0.29) is 0 Å². The Morgan fingerprint density at radius 1 is 1.30 bits per heavy atom. The molecule has 1 atom stereocenters. The molecule has 3 heterocycles. The van der Waals surface area contributed by atoms with Crippen LogP contribution in [0.5, 0.6) is 0 Å². The molecule has 6 heteroatoms. The Balaban J connectivity index is 1.91. The molecule has 20 heavy (non-hydrogen) atoms. The van der Waals surface area contributed by atoms with Gasteiger partial charge < -0.3 is 0 Å². The van der Waals surface area contributed by atoms with E-state index in [0.717, 1.165) is 27.8 Å². The first-order valence-electron chi connectivity index (χ1n) is 6.65. The highest BCUT2D eigenvalue weighted by molar-refractivity contribution is 7.99. The Bertz CT molecular complexity index is 690. The summed E-state index contributed by atoms with van der Waals surface area (Å²) in [5, 5.41) is 18.2. The van der Waals surface area contributed by atoms with Crippen LogP contribution in [0.25, 0.3) is 17.0 Å². The van der Waals surface area contributed by atoms with Crippen LogP contribution in [0.3, 0.4) is 0 Å². The van der Waals surface area contributed by atoms with E-state index >= 15 is 0 Å². The SMILES string of the molecule is CCC(C)CSc1ccc2nnc(-c3ccsc3)n2n1. The zero-order chi connectivity index (χ0) is 13.9. The lowest BCUT2D eigenvalue weighted by Gasteiger charge is -2.07. The van der Waals surface area contributed by atoms with Gasteiger partial charge >= 0.3 is 0 Å². The molecular formula is C14H16N4S2. The molecule has 1 unspecified atom stereocenters. The summed E-state index contributed by atoms with van der Waals surface area (Å²) in [4.78, 5) is 0. The van der Waals surface area contributed by atoms with Crippen molar-refractivity contribution < 1.29 is 0 Å². The minimum Gasteiger partial charge on any atom is -0.192 e. The van der Waals surface area contributed by atoms with Crippen LogP contribution in [0.1, 0.15) is 20.3 Å². The predicted molar refractivity (Wildman–Crippen MR) is 84.3 cm³/mol. The zero-order valence-corrected chi connectivity index (χ0v) is 13.1. The number of hydrogen-bond acceptors (Lipinski definition) is 5. The van der Waals surface area contributed by atoms with E-state index in [2.05, 4.69) is 34.5 Å². The van der Waals surface area contributed by atoms with Crippen molar-refractivity contribution in [2.45, 2.75) is 25.3 Å². The molecule has 0 aliphatic heterocycles. The maximum atomic E-state index is 4.66. The molecule has 0 saturated heterocycles. The summed E-state index contributed by atoms with van der Waals surface area (Å²) >= 11 is 3.45. The van der Waals surface area contributed by atoms with Crippen molar-refractivity contribution in [3.05, 3.63) is 29.0 Å². The Kier molecular flexibility index (Phi) is 4.03. The van der Waals surface area contributed by atoms with Gasteiger partial charge in [0.15, 0.2) is 11.5 Å². The van der Waals surface area contributed by atoms with Gasteiger partial charge in [0.2, 0.25) is 0 Å². The van der Waals surface area contributed by atoms with Crippen molar-refractivity contribution in [3.63, 3.8) is 0 Å². The highest BCUT2D eigenvalue weighted by Gasteiger charge is 2.10. The number of nitrogens with zero attached hydrogens (tertiary/aromatic N) is 4. The van der Waals surface area contributed by atoms with E-state index in [9.17, 15) is 0 Å². The molecule has 4 nitrogen and oxygen atoms in total. The van der Waals surface area contributed by atoms with E-state index in [1.165, 1.54) is 6.42 Å². The second-order valence-corrected chi connectivity index (χ2v) is 6.62. The third kappa shape index (κ3) is 2.71. The average molecular weight is 304 g/mol. The lowest BCUT2D eigenvalue weighted by atomic mass is 10.2. The van der Waals surface area contributed by atoms with E-state index in [1.807, 2.05) is 28.1 Å². The van der Waals surface area contributed by atoms with Crippen LogP contribution in [-0.2, 0) is 0 Å². The number of hydrogen-bond donors (Lipinski definition) is 0. The fraction of sp³-hybridized carbons (Fsp3) is 0.357. The monoisotopic (exact) mass is 304 g/mol. The average Bonchev–Trinajstić information content (AvgIpc) is 3.12. The summed E-state index contributed by atoms with van der Waals surface area (Å²) < 4.78 is 1.83. The van der Waals surface area contributed by atoms with Gasteiger partial charge in [-0.15, -0.1) is 22.0 Å². The standard InChI is InChI=1S/C14H16N4S2/c1-3-10(2)8-20-13-5-4-12-15-16-14(18(12)17-13)11-6-7-19-9-11/h4-7,9-10H,3,8H2,1-2H3. The quantitative estimate of drug-likeness (QED) is 0.668. The summed E-state index contributed by atoms with van der Waals surface area (Å²) in [6.45, 7) is 4.48. The number of thioether (sulfide) groups is 1. The van der Waals surface area contributed by atoms with Crippen LogP contribution < -0.4 is 0 Å². The Hall–Kier alpha value is -1.40. The molecule has 0 aliphatic rings. The molecule has 0 radical (unpaired) electrons. The van der Waals surface area contributed by atoms with Crippen LogP contribution in [0.4, 0.5) is 0 Å². The van der Waals surface area contributed by atoms with Crippen LogP contribution in [0, 0.1) is 5.92 Å². The summed E-state index contributed by atoms with van der Waals surface area (Å²) in [7, 11) is 0. The lowest BCUT2D eigenvalue weighted by molar-refractivity contribution is 0.636. The minimum atomic E-state index is 0.703. The second-order valence-electron chi connectivity index (χ2n) is 4.80. The molecule has 0 saturated carbocycles. The molecule has 0 bridgehead atoms. The molecule has 0 N–H and O–H groups in total. The second kappa shape index (κ2) is 5.93. The number of thiophene rings is 1. The van der Waals surface area contributed by atoms with Gasteiger partial charge in [-0.05, 0) is 29.5 Å². The van der Waals surface area contributed by atoms with Gasteiger partial charge in [0.05, 0.1) is 0 Å². The van der Waals surface area contributed by atoms with Gasteiger partial charge in [0, 0.05) is 16.7 Å². The number of fused-ring (bicyclic) bond motifs is 1. The predicted octanol–water partition coefficient (Wildman–Crippen LogP) is 3.99. The summed E-state index contributed by atoms with van der Waals surface area (Å²) in [6, 6.07) is 6.05. The largest absolute Gasteiger partial charge is 0.192 e. The van der Waals surface area contributed by atoms with Crippen molar-refractivity contribution in [1.82, 2.24) is 19.8 Å². The van der Waals surface area contributed by atoms with E-state index < -0.39 is 0 Å². The van der Waals surface area contributed by atoms with E-state index in [0.29, 0.717) is 5.92 Å². The highest BCUT2D eigenvalue weighted by atomic mass is 32.2. The van der Waals surface area contributed by atoms with Crippen LogP contribution in [-0.4, -0.2) is 25.6 Å². The van der Waals surface area contributed by atoms with Crippen molar-refractivity contribution in [1.29, 1.82) is 0 Å². The van der Waals surface area contributed by atoms with Gasteiger partial charge in [-0.1, -0.05) is 20.3 Å². The summed E-state index contributed by atoms with van der Waals surface area (Å²) in [5.41, 5.74) is 1.86. The third-order valence-electron chi connectivity index (χ3n) is 3.23. The fourth-order valence-electron chi connectivity index (χ4n) is 1.77. The van der Waals surface area contributed by atoms with Gasteiger partial charge in [0.1, 0.15) is 5.03 Å². The molecule has 3 rings (SSSR count). The van der Waals surface area contributed by atoms with Gasteiger partial charge in [0.25, 0.3) is 0 Å². The van der Waals surface area contributed by atoms with Crippen LogP contribution in [0.15, 0.2) is 34.0 Å². The molecular weight excluding hydrogens is 288 g/mol. The molecule has 0 amide bonds. The molecule has 0 aliphatic carbocycles. The molecule has 3 aromatic rings. The van der Waals surface area contributed by atoms with Crippen molar-refractivity contribution in [3.8, 4) is 11.4 Å². The molecule has 0 fully saturated rings. The van der Waals surface area contributed by atoms with Gasteiger partial charge in [-0.25, -0.2) is 0 Å². The van der Waals surface area contributed by atoms with Crippen molar-refractivity contribution in [2.75, 3.05) is 5.75 Å².